The summed E-state index contributed by atoms with van der Waals surface area (Å²) < 4.78 is 25.6. The second-order valence-electron chi connectivity index (χ2n) is 11.8. The van der Waals surface area contributed by atoms with Crippen LogP contribution in [0, 0.1) is 17.3 Å². The van der Waals surface area contributed by atoms with Gasteiger partial charge in [0.1, 0.15) is 5.82 Å². The molecule has 3 aliphatic heterocycles. The van der Waals surface area contributed by atoms with Crippen molar-refractivity contribution in [3.05, 3.63) is 12.4 Å². The highest BCUT2D eigenvalue weighted by Gasteiger charge is 2.53. The molecule has 1 amide bonds. The number of hydrogen-bond donors (Lipinski definition) is 0. The fourth-order valence-electron chi connectivity index (χ4n) is 7.36. The average Bonchev–Trinajstić information content (AvgIpc) is 3.53. The van der Waals surface area contributed by atoms with Crippen molar-refractivity contribution >= 4 is 11.6 Å². The van der Waals surface area contributed by atoms with Crippen LogP contribution in [0.25, 0.3) is 0 Å². The number of ether oxygens (including phenoxy) is 2. The van der Waals surface area contributed by atoms with E-state index in [0.717, 1.165) is 82.6 Å². The van der Waals surface area contributed by atoms with Crippen LogP contribution in [0.4, 0.5) is 4.39 Å². The summed E-state index contributed by atoms with van der Waals surface area (Å²) in [5, 5.41) is 0. The first-order valence-corrected chi connectivity index (χ1v) is 13.8. The van der Waals surface area contributed by atoms with Crippen LogP contribution in [0.1, 0.15) is 78.6 Å². The molecule has 2 bridgehead atoms. The molecule has 1 saturated carbocycles. The molecule has 7 heteroatoms. The monoisotopic (exact) mass is 491 g/mol. The Hall–Kier alpha value is -1.47. The van der Waals surface area contributed by atoms with Gasteiger partial charge in [-0.3, -0.25) is 4.79 Å². The third-order valence-corrected chi connectivity index (χ3v) is 8.95. The standard InChI is InChI=1S/C28H46FN3O3/c1-19(2)30-21(4)31-16-25-13-24(31)17-32(25)27(33)28(14-20(3)29)11-9-22(15-28)7-6-8-23-10-12-35-18-26(23)34-5/h20,22-26H,4,6-18H2,1-3,5H3/t20?,22-,23+,24+,25+,26-,28-/m1/s1. The van der Waals surface area contributed by atoms with Crippen molar-refractivity contribution in [1.82, 2.24) is 9.80 Å². The van der Waals surface area contributed by atoms with Gasteiger partial charge < -0.3 is 19.3 Å². The Balaban J connectivity index is 1.34. The van der Waals surface area contributed by atoms with Crippen LogP contribution in [-0.2, 0) is 14.3 Å². The zero-order chi connectivity index (χ0) is 25.2. The van der Waals surface area contributed by atoms with Gasteiger partial charge in [0, 0.05) is 32.5 Å². The van der Waals surface area contributed by atoms with E-state index in [1.165, 1.54) is 0 Å². The number of nitrogens with zero attached hydrogens (tertiary/aromatic N) is 3. The van der Waals surface area contributed by atoms with Crippen molar-refractivity contribution in [2.45, 2.75) is 103 Å². The SMILES string of the molecule is C=C(N=C(C)C)N1C[C@@H]2C[C@H]1CN2C(=O)[C@@]1(CC(C)F)CC[C@@H](CCC[C@H]2CCOC[C@H]2OC)C1. The number of likely N-dealkylation sites (tertiary alicyclic amines) is 2. The van der Waals surface area contributed by atoms with Crippen molar-refractivity contribution in [3.8, 4) is 0 Å². The lowest BCUT2D eigenvalue weighted by atomic mass is 9.78. The van der Waals surface area contributed by atoms with Crippen LogP contribution in [-0.4, -0.2) is 79.2 Å². The van der Waals surface area contributed by atoms with E-state index in [0.29, 0.717) is 24.9 Å². The van der Waals surface area contributed by atoms with Gasteiger partial charge in [0.25, 0.3) is 0 Å². The van der Waals surface area contributed by atoms with E-state index in [2.05, 4.69) is 21.4 Å². The highest BCUT2D eigenvalue weighted by atomic mass is 19.1. The van der Waals surface area contributed by atoms with E-state index in [9.17, 15) is 9.18 Å². The number of piperazine rings is 1. The van der Waals surface area contributed by atoms with Crippen molar-refractivity contribution in [2.75, 3.05) is 33.4 Å². The Bertz CT molecular complexity index is 798. The van der Waals surface area contributed by atoms with Gasteiger partial charge in [0.15, 0.2) is 0 Å². The molecule has 1 unspecified atom stereocenters. The molecule has 198 valence electrons. The van der Waals surface area contributed by atoms with Gasteiger partial charge in [-0.25, -0.2) is 9.38 Å². The molecule has 4 aliphatic rings. The second-order valence-corrected chi connectivity index (χ2v) is 11.8. The van der Waals surface area contributed by atoms with Crippen molar-refractivity contribution in [3.63, 3.8) is 0 Å². The number of aliphatic imine (C=N–C) groups is 1. The summed E-state index contributed by atoms with van der Waals surface area (Å²) in [6.07, 6.45) is 7.76. The molecule has 1 aliphatic carbocycles. The lowest BCUT2D eigenvalue weighted by Gasteiger charge is -2.40. The molecule has 0 spiro atoms. The van der Waals surface area contributed by atoms with E-state index in [1.54, 1.807) is 14.0 Å². The van der Waals surface area contributed by atoms with Gasteiger partial charge in [-0.15, -0.1) is 0 Å². The molecule has 3 heterocycles. The number of hydrogen-bond acceptors (Lipinski definition) is 5. The predicted octanol–water partition coefficient (Wildman–Crippen LogP) is 4.98. The maximum Gasteiger partial charge on any atom is 0.229 e. The van der Waals surface area contributed by atoms with Crippen molar-refractivity contribution < 1.29 is 18.7 Å². The molecule has 3 saturated heterocycles. The van der Waals surface area contributed by atoms with Gasteiger partial charge in [-0.2, -0.15) is 0 Å². The number of alkyl halides is 1. The Morgan fingerprint density at radius 3 is 2.63 bits per heavy atom. The summed E-state index contributed by atoms with van der Waals surface area (Å²) in [5.74, 6) is 2.08. The van der Waals surface area contributed by atoms with Gasteiger partial charge in [0.2, 0.25) is 5.91 Å². The van der Waals surface area contributed by atoms with Gasteiger partial charge in [-0.1, -0.05) is 19.4 Å². The molecule has 0 N–H and O–H groups in total. The fraction of sp³-hybridized carbons (Fsp3) is 0.857. The number of carbonyl (C=O) groups is 1. The lowest BCUT2D eigenvalue weighted by molar-refractivity contribution is -0.145. The smallest absolute Gasteiger partial charge is 0.229 e. The number of halogens is 1. The Labute approximate surface area is 211 Å². The van der Waals surface area contributed by atoms with Gasteiger partial charge in [0.05, 0.1) is 36.4 Å². The van der Waals surface area contributed by atoms with Crippen LogP contribution < -0.4 is 0 Å². The number of amides is 1. The first-order chi connectivity index (χ1) is 16.7. The minimum atomic E-state index is -0.958. The molecule has 4 rings (SSSR count). The summed E-state index contributed by atoms with van der Waals surface area (Å²) in [6, 6.07) is 0.478. The fourth-order valence-corrected chi connectivity index (χ4v) is 7.36. The topological polar surface area (TPSA) is 54.4 Å². The largest absolute Gasteiger partial charge is 0.379 e. The minimum absolute atomic E-state index is 0.196. The number of carbonyl (C=O) groups excluding carboxylic acids is 1. The normalized spacial score (nSPS) is 35.4. The molecular formula is C28H46FN3O3. The van der Waals surface area contributed by atoms with Crippen LogP contribution in [0.3, 0.4) is 0 Å². The van der Waals surface area contributed by atoms with E-state index in [-0.39, 0.29) is 24.1 Å². The average molecular weight is 492 g/mol. The maximum absolute atomic E-state index is 14.4. The zero-order valence-corrected chi connectivity index (χ0v) is 22.3. The quantitative estimate of drug-likeness (QED) is 0.405. The van der Waals surface area contributed by atoms with Gasteiger partial charge in [-0.05, 0) is 77.6 Å². The molecule has 35 heavy (non-hydrogen) atoms. The molecule has 0 radical (unpaired) electrons. The minimum Gasteiger partial charge on any atom is -0.379 e. The third-order valence-electron chi connectivity index (χ3n) is 8.95. The predicted molar refractivity (Wildman–Crippen MR) is 137 cm³/mol. The summed E-state index contributed by atoms with van der Waals surface area (Å²) >= 11 is 0. The second kappa shape index (κ2) is 11.3. The number of fused-ring (bicyclic) bond motifs is 2. The molecule has 6 nitrogen and oxygen atoms in total. The first-order valence-electron chi connectivity index (χ1n) is 13.8. The van der Waals surface area contributed by atoms with E-state index >= 15 is 0 Å². The first kappa shape index (κ1) is 26.6. The Morgan fingerprint density at radius 2 is 1.97 bits per heavy atom. The summed E-state index contributed by atoms with van der Waals surface area (Å²) in [5.41, 5.74) is 0.463. The molecule has 0 aromatic heterocycles. The lowest BCUT2D eigenvalue weighted by Crippen LogP contribution is -2.53. The van der Waals surface area contributed by atoms with Crippen LogP contribution in [0.2, 0.25) is 0 Å². The number of rotatable bonds is 10. The van der Waals surface area contributed by atoms with Crippen LogP contribution in [0.15, 0.2) is 17.4 Å². The summed E-state index contributed by atoms with van der Waals surface area (Å²) in [6.45, 7) is 12.8. The van der Waals surface area contributed by atoms with Crippen LogP contribution >= 0.6 is 0 Å². The summed E-state index contributed by atoms with van der Waals surface area (Å²) in [7, 11) is 1.78. The highest BCUT2D eigenvalue weighted by molar-refractivity contribution is 5.84. The molecule has 0 aromatic carbocycles. The number of methoxy groups -OCH3 is 1. The Morgan fingerprint density at radius 1 is 1.23 bits per heavy atom. The zero-order valence-electron chi connectivity index (χ0n) is 22.3. The Kier molecular flexibility index (Phi) is 8.57. The molecule has 7 atom stereocenters. The summed E-state index contributed by atoms with van der Waals surface area (Å²) in [4.78, 5) is 22.8. The third kappa shape index (κ3) is 5.93. The molecular weight excluding hydrogens is 445 g/mol. The van der Waals surface area contributed by atoms with E-state index in [1.807, 2.05) is 13.8 Å². The molecule has 4 fully saturated rings. The van der Waals surface area contributed by atoms with E-state index < -0.39 is 11.6 Å². The van der Waals surface area contributed by atoms with Gasteiger partial charge >= 0.3 is 0 Å². The van der Waals surface area contributed by atoms with E-state index in [4.69, 9.17) is 9.47 Å². The van der Waals surface area contributed by atoms with Crippen molar-refractivity contribution in [1.29, 1.82) is 0 Å². The van der Waals surface area contributed by atoms with Crippen molar-refractivity contribution in [2.24, 2.45) is 22.2 Å². The molecule has 0 aromatic rings. The maximum atomic E-state index is 14.4. The van der Waals surface area contributed by atoms with Crippen LogP contribution in [0.5, 0.6) is 0 Å². The highest BCUT2D eigenvalue weighted by Crippen LogP contribution is 2.50.